The molecule has 1 aromatic carbocycles. The van der Waals surface area contributed by atoms with E-state index in [4.69, 9.17) is 5.11 Å². The van der Waals surface area contributed by atoms with Gasteiger partial charge in [0.15, 0.2) is 0 Å². The Hall–Kier alpha value is -3.09. The maximum atomic E-state index is 12.3. The SMILES string of the molecule is O=C(O)c1cccc(Cn2nnc3ccccc3c2=O)n1. The first-order chi connectivity index (χ1) is 10.1. The van der Waals surface area contributed by atoms with Crippen molar-refractivity contribution in [1.82, 2.24) is 20.0 Å². The summed E-state index contributed by atoms with van der Waals surface area (Å²) < 4.78 is 1.16. The molecule has 3 aromatic rings. The number of rotatable bonds is 3. The number of hydrogen-bond acceptors (Lipinski definition) is 5. The van der Waals surface area contributed by atoms with E-state index in [0.29, 0.717) is 16.6 Å². The van der Waals surface area contributed by atoms with Gasteiger partial charge in [-0.05, 0) is 24.3 Å². The summed E-state index contributed by atoms with van der Waals surface area (Å²) >= 11 is 0. The second-order valence-corrected chi connectivity index (χ2v) is 4.39. The molecule has 0 atom stereocenters. The van der Waals surface area contributed by atoms with Crippen LogP contribution in [-0.2, 0) is 6.54 Å². The van der Waals surface area contributed by atoms with E-state index >= 15 is 0 Å². The van der Waals surface area contributed by atoms with Crippen molar-refractivity contribution in [3.05, 3.63) is 64.2 Å². The van der Waals surface area contributed by atoms with E-state index in [2.05, 4.69) is 15.3 Å². The van der Waals surface area contributed by atoms with Gasteiger partial charge < -0.3 is 5.11 Å². The summed E-state index contributed by atoms with van der Waals surface area (Å²) in [5, 5.41) is 17.2. The zero-order chi connectivity index (χ0) is 14.8. The topological polar surface area (TPSA) is 98.0 Å². The molecular formula is C14H10N4O3. The smallest absolute Gasteiger partial charge is 0.354 e. The molecule has 0 fully saturated rings. The molecule has 0 saturated heterocycles. The van der Waals surface area contributed by atoms with Crippen LogP contribution in [0.2, 0.25) is 0 Å². The molecule has 2 aromatic heterocycles. The van der Waals surface area contributed by atoms with Crippen LogP contribution in [0.3, 0.4) is 0 Å². The minimum Gasteiger partial charge on any atom is -0.477 e. The molecule has 0 aliphatic carbocycles. The summed E-state index contributed by atoms with van der Waals surface area (Å²) in [6.45, 7) is 0.0672. The Labute approximate surface area is 118 Å². The number of nitrogens with zero attached hydrogens (tertiary/aromatic N) is 4. The Bertz CT molecular complexity index is 889. The lowest BCUT2D eigenvalue weighted by Gasteiger charge is -2.05. The van der Waals surface area contributed by atoms with Crippen molar-refractivity contribution in [2.45, 2.75) is 6.54 Å². The lowest BCUT2D eigenvalue weighted by atomic mass is 10.2. The molecule has 1 N–H and O–H groups in total. The highest BCUT2D eigenvalue weighted by Gasteiger charge is 2.09. The zero-order valence-electron chi connectivity index (χ0n) is 10.8. The lowest BCUT2D eigenvalue weighted by molar-refractivity contribution is 0.0690. The van der Waals surface area contributed by atoms with Crippen LogP contribution in [0.15, 0.2) is 47.3 Å². The van der Waals surface area contributed by atoms with Crippen molar-refractivity contribution in [1.29, 1.82) is 0 Å². The molecule has 2 heterocycles. The predicted molar refractivity (Wildman–Crippen MR) is 74.1 cm³/mol. The molecule has 7 nitrogen and oxygen atoms in total. The van der Waals surface area contributed by atoms with Gasteiger partial charge in [0.05, 0.1) is 17.6 Å². The number of fused-ring (bicyclic) bond motifs is 1. The van der Waals surface area contributed by atoms with Gasteiger partial charge in [-0.3, -0.25) is 4.79 Å². The molecule has 0 saturated carbocycles. The number of aromatic carboxylic acids is 1. The van der Waals surface area contributed by atoms with Crippen molar-refractivity contribution >= 4 is 16.9 Å². The maximum Gasteiger partial charge on any atom is 0.354 e. The minimum atomic E-state index is -1.12. The van der Waals surface area contributed by atoms with Crippen LogP contribution in [-0.4, -0.2) is 31.1 Å². The first kappa shape index (κ1) is 12.9. The van der Waals surface area contributed by atoms with Crippen molar-refractivity contribution in [3.63, 3.8) is 0 Å². The highest BCUT2D eigenvalue weighted by molar-refractivity contribution is 5.85. The molecule has 21 heavy (non-hydrogen) atoms. The van der Waals surface area contributed by atoms with Crippen LogP contribution >= 0.6 is 0 Å². The van der Waals surface area contributed by atoms with E-state index in [1.807, 2.05) is 0 Å². The van der Waals surface area contributed by atoms with Crippen LogP contribution in [0.1, 0.15) is 16.2 Å². The molecule has 104 valence electrons. The van der Waals surface area contributed by atoms with Crippen LogP contribution in [0, 0.1) is 0 Å². The van der Waals surface area contributed by atoms with Gasteiger partial charge in [-0.1, -0.05) is 23.4 Å². The monoisotopic (exact) mass is 282 g/mol. The minimum absolute atomic E-state index is 0.0672. The Morgan fingerprint density at radius 2 is 1.95 bits per heavy atom. The predicted octanol–water partition coefficient (Wildman–Crippen LogP) is 0.933. The molecule has 0 aliphatic rings. The van der Waals surface area contributed by atoms with E-state index in [1.165, 1.54) is 6.07 Å². The van der Waals surface area contributed by atoms with Gasteiger partial charge in [0.2, 0.25) is 0 Å². The zero-order valence-corrected chi connectivity index (χ0v) is 10.8. The first-order valence-corrected chi connectivity index (χ1v) is 6.17. The number of benzene rings is 1. The summed E-state index contributed by atoms with van der Waals surface area (Å²) in [4.78, 5) is 27.1. The van der Waals surface area contributed by atoms with E-state index in [9.17, 15) is 9.59 Å². The third-order valence-electron chi connectivity index (χ3n) is 2.97. The van der Waals surface area contributed by atoms with Crippen LogP contribution in [0.5, 0.6) is 0 Å². The molecule has 0 amide bonds. The fourth-order valence-electron chi connectivity index (χ4n) is 1.97. The number of carboxylic acid groups (broad SMARTS) is 1. The molecule has 3 rings (SSSR count). The normalized spacial score (nSPS) is 10.7. The van der Waals surface area contributed by atoms with E-state index in [1.54, 1.807) is 36.4 Å². The quantitative estimate of drug-likeness (QED) is 0.767. The summed E-state index contributed by atoms with van der Waals surface area (Å²) in [6, 6.07) is 11.5. The van der Waals surface area contributed by atoms with E-state index < -0.39 is 5.97 Å². The summed E-state index contributed by atoms with van der Waals surface area (Å²) in [5.41, 5.74) is 0.588. The third kappa shape index (κ3) is 2.48. The molecule has 0 aliphatic heterocycles. The Morgan fingerprint density at radius 1 is 1.14 bits per heavy atom. The Balaban J connectivity index is 2.02. The number of carboxylic acids is 1. The van der Waals surface area contributed by atoms with E-state index in [0.717, 1.165) is 4.68 Å². The fourth-order valence-corrected chi connectivity index (χ4v) is 1.97. The van der Waals surface area contributed by atoms with Gasteiger partial charge in [0, 0.05) is 0 Å². The van der Waals surface area contributed by atoms with Gasteiger partial charge in [-0.15, -0.1) is 5.10 Å². The molecule has 7 heteroatoms. The van der Waals surface area contributed by atoms with E-state index in [-0.39, 0.29) is 17.8 Å². The number of carbonyl (C=O) groups is 1. The fraction of sp³-hybridized carbons (Fsp3) is 0.0714. The molecule has 0 bridgehead atoms. The summed E-state index contributed by atoms with van der Waals surface area (Å²) in [5.74, 6) is -1.12. The van der Waals surface area contributed by atoms with Crippen molar-refractivity contribution < 1.29 is 9.90 Å². The first-order valence-electron chi connectivity index (χ1n) is 6.17. The number of hydrogen-bond donors (Lipinski definition) is 1. The van der Waals surface area contributed by atoms with Gasteiger partial charge in [0.1, 0.15) is 11.2 Å². The average molecular weight is 282 g/mol. The highest BCUT2D eigenvalue weighted by atomic mass is 16.4. The maximum absolute atomic E-state index is 12.3. The summed E-state index contributed by atoms with van der Waals surface area (Å²) in [7, 11) is 0. The number of aromatic nitrogens is 4. The van der Waals surface area contributed by atoms with Gasteiger partial charge >= 0.3 is 5.97 Å². The van der Waals surface area contributed by atoms with Crippen molar-refractivity contribution in [3.8, 4) is 0 Å². The van der Waals surface area contributed by atoms with Gasteiger partial charge in [0.25, 0.3) is 5.56 Å². The largest absolute Gasteiger partial charge is 0.477 e. The molecule has 0 unspecified atom stereocenters. The second-order valence-electron chi connectivity index (χ2n) is 4.39. The van der Waals surface area contributed by atoms with Gasteiger partial charge in [-0.2, -0.15) is 0 Å². The third-order valence-corrected chi connectivity index (χ3v) is 2.97. The molecule has 0 spiro atoms. The Kier molecular flexibility index (Phi) is 3.15. The van der Waals surface area contributed by atoms with Gasteiger partial charge in [-0.25, -0.2) is 14.5 Å². The number of pyridine rings is 1. The standard InChI is InChI=1S/C14H10N4O3/c19-13-10-5-1-2-6-11(10)16-17-18(13)8-9-4-3-7-12(15-9)14(20)21/h1-7H,8H2,(H,20,21). The van der Waals surface area contributed by atoms with Crippen LogP contribution in [0.4, 0.5) is 0 Å². The van der Waals surface area contributed by atoms with Crippen LogP contribution < -0.4 is 5.56 Å². The average Bonchev–Trinajstić information content (AvgIpc) is 2.51. The summed E-state index contributed by atoms with van der Waals surface area (Å²) in [6.07, 6.45) is 0. The highest BCUT2D eigenvalue weighted by Crippen LogP contribution is 2.05. The molecular weight excluding hydrogens is 272 g/mol. The Morgan fingerprint density at radius 3 is 2.76 bits per heavy atom. The van der Waals surface area contributed by atoms with Crippen LogP contribution in [0.25, 0.3) is 10.9 Å². The lowest BCUT2D eigenvalue weighted by Crippen LogP contribution is -2.25. The second kappa shape index (κ2) is 5.12. The van der Waals surface area contributed by atoms with Crippen molar-refractivity contribution in [2.24, 2.45) is 0 Å². The molecule has 0 radical (unpaired) electrons. The van der Waals surface area contributed by atoms with Crippen molar-refractivity contribution in [2.75, 3.05) is 0 Å².